The molecule has 1 atom stereocenters. The standard InChI is InChI=1S/C15H20N2O5/c1-3-8-22-9-13(18)17-12-6-4-11(5-7-12)14(19)16-10(2)15(20)21/h4-7,10H,3,8-9H2,1-2H3,(H,16,19)(H,17,18)(H,20,21). The van der Waals surface area contributed by atoms with E-state index < -0.39 is 17.9 Å². The van der Waals surface area contributed by atoms with Crippen LogP contribution >= 0.6 is 0 Å². The van der Waals surface area contributed by atoms with Gasteiger partial charge in [-0.3, -0.25) is 14.4 Å². The highest BCUT2D eigenvalue weighted by atomic mass is 16.5. The van der Waals surface area contributed by atoms with Crippen molar-refractivity contribution in [1.82, 2.24) is 5.32 Å². The van der Waals surface area contributed by atoms with E-state index in [4.69, 9.17) is 9.84 Å². The van der Waals surface area contributed by atoms with E-state index in [9.17, 15) is 14.4 Å². The molecule has 0 spiro atoms. The Morgan fingerprint density at radius 1 is 1.23 bits per heavy atom. The number of rotatable bonds is 8. The van der Waals surface area contributed by atoms with Crippen molar-refractivity contribution in [2.45, 2.75) is 26.3 Å². The van der Waals surface area contributed by atoms with Crippen molar-refractivity contribution in [1.29, 1.82) is 0 Å². The average molecular weight is 308 g/mol. The molecule has 0 aliphatic carbocycles. The summed E-state index contributed by atoms with van der Waals surface area (Å²) in [6.07, 6.45) is 0.839. The fourth-order valence-corrected chi connectivity index (χ4v) is 1.55. The first-order valence-electron chi connectivity index (χ1n) is 6.95. The summed E-state index contributed by atoms with van der Waals surface area (Å²) in [7, 11) is 0. The summed E-state index contributed by atoms with van der Waals surface area (Å²) < 4.78 is 5.11. The van der Waals surface area contributed by atoms with Gasteiger partial charge in [-0.2, -0.15) is 0 Å². The van der Waals surface area contributed by atoms with Gasteiger partial charge in [0.2, 0.25) is 5.91 Å². The van der Waals surface area contributed by atoms with Crippen molar-refractivity contribution in [3.05, 3.63) is 29.8 Å². The predicted molar refractivity (Wildman–Crippen MR) is 80.7 cm³/mol. The quantitative estimate of drug-likeness (QED) is 0.627. The van der Waals surface area contributed by atoms with Crippen molar-refractivity contribution < 1.29 is 24.2 Å². The highest BCUT2D eigenvalue weighted by Crippen LogP contribution is 2.09. The summed E-state index contributed by atoms with van der Waals surface area (Å²) in [5.74, 6) is -1.87. The molecular formula is C15H20N2O5. The molecule has 1 aromatic carbocycles. The van der Waals surface area contributed by atoms with Crippen LogP contribution in [0.4, 0.5) is 5.69 Å². The van der Waals surface area contributed by atoms with Gasteiger partial charge in [-0.25, -0.2) is 0 Å². The Labute approximate surface area is 128 Å². The highest BCUT2D eigenvalue weighted by Gasteiger charge is 2.15. The normalized spacial score (nSPS) is 11.5. The lowest BCUT2D eigenvalue weighted by molar-refractivity contribution is -0.138. The van der Waals surface area contributed by atoms with Gasteiger partial charge in [0.15, 0.2) is 0 Å². The summed E-state index contributed by atoms with van der Waals surface area (Å²) in [5, 5.41) is 13.7. The van der Waals surface area contributed by atoms with E-state index >= 15 is 0 Å². The van der Waals surface area contributed by atoms with Gasteiger partial charge in [-0.15, -0.1) is 0 Å². The van der Waals surface area contributed by atoms with Crippen molar-refractivity contribution in [3.63, 3.8) is 0 Å². The van der Waals surface area contributed by atoms with Crippen LogP contribution in [0.1, 0.15) is 30.6 Å². The highest BCUT2D eigenvalue weighted by molar-refractivity contribution is 5.97. The third-order valence-electron chi connectivity index (χ3n) is 2.73. The van der Waals surface area contributed by atoms with Gasteiger partial charge in [0, 0.05) is 17.9 Å². The minimum atomic E-state index is -1.11. The first-order valence-corrected chi connectivity index (χ1v) is 6.95. The van der Waals surface area contributed by atoms with Crippen LogP contribution < -0.4 is 10.6 Å². The summed E-state index contributed by atoms with van der Waals surface area (Å²) in [6.45, 7) is 3.83. The third kappa shape index (κ3) is 5.92. The smallest absolute Gasteiger partial charge is 0.325 e. The molecule has 120 valence electrons. The van der Waals surface area contributed by atoms with E-state index in [1.54, 1.807) is 12.1 Å². The maximum absolute atomic E-state index is 11.8. The molecule has 7 heteroatoms. The number of aliphatic carboxylic acids is 1. The van der Waals surface area contributed by atoms with Crippen LogP contribution in [0.5, 0.6) is 0 Å². The summed E-state index contributed by atoms with van der Waals surface area (Å²) >= 11 is 0. The van der Waals surface area contributed by atoms with E-state index in [2.05, 4.69) is 10.6 Å². The molecule has 0 fully saturated rings. The van der Waals surface area contributed by atoms with E-state index in [0.717, 1.165) is 6.42 Å². The van der Waals surface area contributed by atoms with Gasteiger partial charge < -0.3 is 20.5 Å². The Balaban J connectivity index is 2.53. The first kappa shape index (κ1) is 17.6. The molecule has 0 aliphatic heterocycles. The van der Waals surface area contributed by atoms with E-state index in [0.29, 0.717) is 17.9 Å². The van der Waals surface area contributed by atoms with Gasteiger partial charge in [0.1, 0.15) is 12.6 Å². The van der Waals surface area contributed by atoms with E-state index in [1.165, 1.54) is 19.1 Å². The van der Waals surface area contributed by atoms with E-state index in [-0.39, 0.29) is 12.5 Å². The fraction of sp³-hybridized carbons (Fsp3) is 0.400. The molecule has 22 heavy (non-hydrogen) atoms. The number of carbonyl (C=O) groups excluding carboxylic acids is 2. The first-order chi connectivity index (χ1) is 10.4. The minimum absolute atomic E-state index is 0.0216. The number of hydrogen-bond donors (Lipinski definition) is 3. The molecule has 1 unspecified atom stereocenters. The molecule has 7 nitrogen and oxygen atoms in total. The van der Waals surface area contributed by atoms with Gasteiger partial charge >= 0.3 is 5.97 Å². The van der Waals surface area contributed by atoms with Crippen LogP contribution in [0.15, 0.2) is 24.3 Å². The molecule has 3 N–H and O–H groups in total. The van der Waals surface area contributed by atoms with Crippen molar-refractivity contribution in [2.24, 2.45) is 0 Å². The Morgan fingerprint density at radius 3 is 2.41 bits per heavy atom. The number of carboxylic acids is 1. The lowest BCUT2D eigenvalue weighted by Crippen LogP contribution is -2.38. The number of anilines is 1. The number of amides is 2. The van der Waals surface area contributed by atoms with Crippen molar-refractivity contribution in [3.8, 4) is 0 Å². The number of nitrogens with one attached hydrogen (secondary N) is 2. The van der Waals surface area contributed by atoms with Crippen LogP contribution in [0.25, 0.3) is 0 Å². The van der Waals surface area contributed by atoms with Crippen LogP contribution in [-0.2, 0) is 14.3 Å². The van der Waals surface area contributed by atoms with Gasteiger partial charge in [-0.1, -0.05) is 6.92 Å². The monoisotopic (exact) mass is 308 g/mol. The Morgan fingerprint density at radius 2 is 1.86 bits per heavy atom. The second-order valence-electron chi connectivity index (χ2n) is 4.71. The molecule has 0 radical (unpaired) electrons. The number of hydrogen-bond acceptors (Lipinski definition) is 4. The predicted octanol–water partition coefficient (Wildman–Crippen LogP) is 1.25. The van der Waals surface area contributed by atoms with Crippen molar-refractivity contribution in [2.75, 3.05) is 18.5 Å². The largest absolute Gasteiger partial charge is 0.480 e. The van der Waals surface area contributed by atoms with Gasteiger partial charge in [-0.05, 0) is 37.6 Å². The van der Waals surface area contributed by atoms with Gasteiger partial charge in [0.05, 0.1) is 0 Å². The lowest BCUT2D eigenvalue weighted by atomic mass is 10.2. The molecule has 0 aliphatic rings. The Kier molecular flexibility index (Phi) is 7.04. The lowest BCUT2D eigenvalue weighted by Gasteiger charge is -2.10. The SMILES string of the molecule is CCCOCC(=O)Nc1ccc(C(=O)NC(C)C(=O)O)cc1. The average Bonchev–Trinajstić information content (AvgIpc) is 2.48. The zero-order valence-corrected chi connectivity index (χ0v) is 12.6. The Bertz CT molecular complexity index is 527. The topological polar surface area (TPSA) is 105 Å². The number of ether oxygens (including phenoxy) is 1. The molecule has 1 rings (SSSR count). The minimum Gasteiger partial charge on any atom is -0.480 e. The fourth-order valence-electron chi connectivity index (χ4n) is 1.55. The van der Waals surface area contributed by atoms with Crippen LogP contribution in [0.3, 0.4) is 0 Å². The molecule has 2 amide bonds. The molecule has 0 heterocycles. The zero-order chi connectivity index (χ0) is 16.5. The maximum Gasteiger partial charge on any atom is 0.325 e. The van der Waals surface area contributed by atoms with Crippen LogP contribution in [0.2, 0.25) is 0 Å². The second-order valence-corrected chi connectivity index (χ2v) is 4.71. The molecule has 0 aromatic heterocycles. The third-order valence-corrected chi connectivity index (χ3v) is 2.73. The summed E-state index contributed by atoms with van der Waals surface area (Å²) in [5.41, 5.74) is 0.848. The van der Waals surface area contributed by atoms with Crippen LogP contribution in [0, 0.1) is 0 Å². The molecule has 0 saturated carbocycles. The number of benzene rings is 1. The molecule has 0 bridgehead atoms. The van der Waals surface area contributed by atoms with Gasteiger partial charge in [0.25, 0.3) is 5.91 Å². The number of carbonyl (C=O) groups is 3. The second kappa shape index (κ2) is 8.78. The van der Waals surface area contributed by atoms with Crippen LogP contribution in [-0.4, -0.2) is 42.1 Å². The summed E-state index contributed by atoms with van der Waals surface area (Å²) in [4.78, 5) is 34.0. The zero-order valence-electron chi connectivity index (χ0n) is 12.6. The maximum atomic E-state index is 11.8. The molecule has 1 aromatic rings. The molecule has 0 saturated heterocycles. The Hall–Kier alpha value is -2.41. The summed E-state index contributed by atoms with van der Waals surface area (Å²) in [6, 6.07) is 5.18. The van der Waals surface area contributed by atoms with Crippen molar-refractivity contribution >= 4 is 23.5 Å². The van der Waals surface area contributed by atoms with E-state index in [1.807, 2.05) is 6.92 Å². The molecular weight excluding hydrogens is 288 g/mol. The number of carboxylic acid groups (broad SMARTS) is 1.